The fraction of sp³-hybridized carbons (Fsp3) is 0.750. The molecule has 0 unspecified atom stereocenters. The molecule has 0 aliphatic carbocycles. The van der Waals surface area contributed by atoms with Crippen LogP contribution in [-0.2, 0) is 11.0 Å². The number of nitrogens with two attached hydrogens (primary N) is 1. The number of amides is 1. The van der Waals surface area contributed by atoms with Crippen molar-refractivity contribution in [2.75, 3.05) is 24.7 Å². The van der Waals surface area contributed by atoms with E-state index in [1.165, 1.54) is 0 Å². The number of carbonyl (C=O) groups excluding carboxylic acids is 1. The number of nitrogen functional groups attached to an aromatic ring is 1. The fourth-order valence-corrected chi connectivity index (χ4v) is 3.41. The summed E-state index contributed by atoms with van der Waals surface area (Å²) in [6.07, 6.45) is -3.59. The summed E-state index contributed by atoms with van der Waals surface area (Å²) >= 11 is 0.861. The van der Waals surface area contributed by atoms with Gasteiger partial charge in [0.15, 0.2) is 0 Å². The summed E-state index contributed by atoms with van der Waals surface area (Å²) in [5.74, 6) is 4.76. The molecule has 0 spiro atoms. The van der Waals surface area contributed by atoms with Gasteiger partial charge in [0.25, 0.3) is 5.82 Å². The monoisotopic (exact) mass is 337 g/mol. The van der Waals surface area contributed by atoms with Crippen molar-refractivity contribution in [2.24, 2.45) is 11.8 Å². The van der Waals surface area contributed by atoms with Crippen LogP contribution in [0.15, 0.2) is 5.16 Å². The van der Waals surface area contributed by atoms with E-state index in [0.717, 1.165) is 18.2 Å². The van der Waals surface area contributed by atoms with Crippen LogP contribution >= 0.6 is 11.8 Å². The first kappa shape index (κ1) is 16.9. The molecule has 1 amide bonds. The summed E-state index contributed by atoms with van der Waals surface area (Å²) < 4.78 is 38.0. The molecule has 0 bridgehead atoms. The van der Waals surface area contributed by atoms with Crippen molar-refractivity contribution in [2.45, 2.75) is 31.6 Å². The van der Waals surface area contributed by atoms with Crippen molar-refractivity contribution in [1.82, 2.24) is 19.8 Å². The molecule has 0 saturated carbocycles. The lowest BCUT2D eigenvalue weighted by Gasteiger charge is -2.34. The quantitative estimate of drug-likeness (QED) is 0.670. The van der Waals surface area contributed by atoms with Gasteiger partial charge >= 0.3 is 6.18 Å². The number of nitrogens with zero attached hydrogens (tertiary/aromatic N) is 4. The van der Waals surface area contributed by atoms with Gasteiger partial charge in [0.2, 0.25) is 11.1 Å². The Morgan fingerprint density at radius 3 is 2.41 bits per heavy atom. The van der Waals surface area contributed by atoms with Crippen molar-refractivity contribution < 1.29 is 18.0 Å². The van der Waals surface area contributed by atoms with Crippen molar-refractivity contribution >= 4 is 17.7 Å². The molecule has 2 heterocycles. The van der Waals surface area contributed by atoms with Crippen molar-refractivity contribution in [3.05, 3.63) is 5.82 Å². The highest BCUT2D eigenvalue weighted by molar-refractivity contribution is 7.99. The highest BCUT2D eigenvalue weighted by Gasteiger charge is 2.38. The van der Waals surface area contributed by atoms with Crippen LogP contribution in [0.3, 0.4) is 0 Å². The van der Waals surface area contributed by atoms with E-state index in [1.807, 2.05) is 0 Å². The Morgan fingerprint density at radius 1 is 1.32 bits per heavy atom. The lowest BCUT2D eigenvalue weighted by Crippen LogP contribution is -2.43. The van der Waals surface area contributed by atoms with Gasteiger partial charge in [0.05, 0.1) is 5.75 Å². The number of halogens is 3. The number of hydrogen-bond donors (Lipinski definition) is 1. The zero-order valence-electron chi connectivity index (χ0n) is 12.3. The Kier molecular flexibility index (Phi) is 4.88. The van der Waals surface area contributed by atoms with Gasteiger partial charge < -0.3 is 10.7 Å². The average Bonchev–Trinajstić information content (AvgIpc) is 2.76. The van der Waals surface area contributed by atoms with E-state index in [-0.39, 0.29) is 16.8 Å². The van der Waals surface area contributed by atoms with E-state index < -0.39 is 12.0 Å². The van der Waals surface area contributed by atoms with Crippen LogP contribution in [0.2, 0.25) is 0 Å². The Labute approximate surface area is 130 Å². The van der Waals surface area contributed by atoms with Crippen LogP contribution in [0.5, 0.6) is 0 Å². The molecule has 10 heteroatoms. The first-order chi connectivity index (χ1) is 10.2. The standard InChI is InChI=1S/C12H18F3N5OS/c1-7-3-8(2)5-19(4-7)9(21)6-22-11-18-17-10(20(11)16)12(13,14)15/h7-8H,3-6,16H2,1-2H3/t7-,8+. The Balaban J connectivity index is 1.96. The second-order valence-corrected chi connectivity index (χ2v) is 6.65. The lowest BCUT2D eigenvalue weighted by atomic mass is 9.92. The number of thioether (sulfide) groups is 1. The molecule has 0 aromatic carbocycles. The molecule has 1 aliphatic heterocycles. The molecule has 1 aliphatic rings. The van der Waals surface area contributed by atoms with Crippen LogP contribution in [0, 0.1) is 11.8 Å². The maximum Gasteiger partial charge on any atom is 0.453 e. The molecule has 0 radical (unpaired) electrons. The molecule has 2 N–H and O–H groups in total. The largest absolute Gasteiger partial charge is 0.453 e. The zero-order valence-corrected chi connectivity index (χ0v) is 13.1. The van der Waals surface area contributed by atoms with E-state index in [4.69, 9.17) is 5.84 Å². The highest BCUT2D eigenvalue weighted by Crippen LogP contribution is 2.29. The molecule has 1 aromatic rings. The first-order valence-electron chi connectivity index (χ1n) is 6.86. The van der Waals surface area contributed by atoms with Crippen molar-refractivity contribution in [3.63, 3.8) is 0 Å². The number of carbonyl (C=O) groups is 1. The molecule has 6 nitrogen and oxygen atoms in total. The second-order valence-electron chi connectivity index (χ2n) is 5.71. The van der Waals surface area contributed by atoms with Crippen molar-refractivity contribution in [1.29, 1.82) is 0 Å². The number of piperidine rings is 1. The van der Waals surface area contributed by atoms with E-state index in [2.05, 4.69) is 24.0 Å². The van der Waals surface area contributed by atoms with Crippen LogP contribution in [0.4, 0.5) is 13.2 Å². The maximum absolute atomic E-state index is 12.6. The normalized spacial score (nSPS) is 22.9. The van der Waals surface area contributed by atoms with Crippen LogP contribution in [-0.4, -0.2) is 44.5 Å². The fourth-order valence-electron chi connectivity index (χ4n) is 2.65. The Bertz CT molecular complexity index is 537. The summed E-state index contributed by atoms with van der Waals surface area (Å²) in [7, 11) is 0. The van der Waals surface area contributed by atoms with Crippen LogP contribution in [0.1, 0.15) is 26.1 Å². The SMILES string of the molecule is C[C@@H]1C[C@H](C)CN(C(=O)CSc2nnc(C(F)(F)F)n2N)C1. The number of alkyl halides is 3. The zero-order chi connectivity index (χ0) is 16.5. The molecule has 22 heavy (non-hydrogen) atoms. The minimum absolute atomic E-state index is 0.00731. The third kappa shape index (κ3) is 3.84. The molecule has 1 fully saturated rings. The van der Waals surface area contributed by atoms with Gasteiger partial charge in [-0.3, -0.25) is 4.79 Å². The van der Waals surface area contributed by atoms with Gasteiger partial charge in [-0.2, -0.15) is 13.2 Å². The van der Waals surface area contributed by atoms with E-state index in [1.54, 1.807) is 4.90 Å². The summed E-state index contributed by atoms with van der Waals surface area (Å²) in [6, 6.07) is 0. The topological polar surface area (TPSA) is 77.0 Å². The minimum Gasteiger partial charge on any atom is -0.341 e. The first-order valence-corrected chi connectivity index (χ1v) is 7.85. The third-order valence-electron chi connectivity index (χ3n) is 3.46. The summed E-state index contributed by atoms with van der Waals surface area (Å²) in [5, 5.41) is 6.28. The lowest BCUT2D eigenvalue weighted by molar-refractivity contribution is -0.146. The van der Waals surface area contributed by atoms with E-state index >= 15 is 0 Å². The minimum atomic E-state index is -4.66. The summed E-state index contributed by atoms with van der Waals surface area (Å²) in [4.78, 5) is 13.9. The van der Waals surface area contributed by atoms with Gasteiger partial charge in [0.1, 0.15) is 0 Å². The Hall–Kier alpha value is -1.45. The van der Waals surface area contributed by atoms with Gasteiger partial charge in [-0.1, -0.05) is 25.6 Å². The molecular weight excluding hydrogens is 319 g/mol. The molecule has 124 valence electrons. The van der Waals surface area contributed by atoms with Crippen LogP contribution < -0.4 is 5.84 Å². The van der Waals surface area contributed by atoms with Crippen molar-refractivity contribution in [3.8, 4) is 0 Å². The van der Waals surface area contributed by atoms with Gasteiger partial charge in [0, 0.05) is 13.1 Å². The van der Waals surface area contributed by atoms with Gasteiger partial charge in [-0.25, -0.2) is 4.68 Å². The highest BCUT2D eigenvalue weighted by atomic mass is 32.2. The maximum atomic E-state index is 12.6. The smallest absolute Gasteiger partial charge is 0.341 e. The predicted octanol–water partition coefficient (Wildman–Crippen LogP) is 1.61. The van der Waals surface area contributed by atoms with Crippen LogP contribution in [0.25, 0.3) is 0 Å². The van der Waals surface area contributed by atoms with Gasteiger partial charge in [-0.05, 0) is 18.3 Å². The average molecular weight is 337 g/mol. The van der Waals surface area contributed by atoms with Gasteiger partial charge in [-0.15, -0.1) is 10.2 Å². The molecule has 1 saturated heterocycles. The van der Waals surface area contributed by atoms with E-state index in [9.17, 15) is 18.0 Å². The third-order valence-corrected chi connectivity index (χ3v) is 4.39. The number of hydrogen-bond acceptors (Lipinski definition) is 5. The Morgan fingerprint density at radius 2 is 1.91 bits per heavy atom. The summed E-state index contributed by atoms with van der Waals surface area (Å²) in [6.45, 7) is 5.50. The molecule has 2 atom stereocenters. The number of rotatable bonds is 3. The molecule has 1 aromatic heterocycles. The molecule has 2 rings (SSSR count). The second kappa shape index (κ2) is 6.35. The summed E-state index contributed by atoms with van der Waals surface area (Å²) in [5.41, 5.74) is 0. The van der Waals surface area contributed by atoms with E-state index in [0.29, 0.717) is 29.6 Å². The predicted molar refractivity (Wildman–Crippen MR) is 75.4 cm³/mol. The number of likely N-dealkylation sites (tertiary alicyclic amines) is 1. The number of aromatic nitrogens is 3. The molecular formula is C12H18F3N5OS.